The van der Waals surface area contributed by atoms with E-state index in [1.165, 1.54) is 5.01 Å². The fourth-order valence-corrected chi connectivity index (χ4v) is 2.27. The molecule has 0 aliphatic carbocycles. The highest BCUT2D eigenvalue weighted by molar-refractivity contribution is 8.17. The van der Waals surface area contributed by atoms with Crippen molar-refractivity contribution in [1.82, 2.24) is 5.59 Å². The summed E-state index contributed by atoms with van der Waals surface area (Å²) in [5.74, 6) is -0.545. The Balaban J connectivity index is 2.02. The van der Waals surface area contributed by atoms with E-state index in [0.717, 1.165) is 23.0 Å². The first kappa shape index (κ1) is 11.9. The lowest BCUT2D eigenvalue weighted by atomic mass is 10.2. The minimum absolute atomic E-state index is 0.0473. The lowest BCUT2D eigenvalue weighted by molar-refractivity contribution is -0.140. The van der Waals surface area contributed by atoms with Crippen LogP contribution in [0.1, 0.15) is 5.56 Å². The molecule has 96 valence electrons. The van der Waals surface area contributed by atoms with Crippen LogP contribution in [0.5, 0.6) is 0 Å². The first-order valence-electron chi connectivity index (χ1n) is 5.41. The van der Waals surface area contributed by atoms with Crippen LogP contribution >= 0.6 is 11.8 Å². The molecule has 8 heteroatoms. The van der Waals surface area contributed by atoms with E-state index >= 15 is 0 Å². The Bertz CT molecular complexity index is 622. The number of nitrogens with zero attached hydrogens (tertiary/aromatic N) is 3. The standard InChI is InChI=1S/C11H9N5O2S/c1-6-2-4-7(5-3-6)16-8(10(17)18-15-16)9-13-14-11(12)19-9/h2-5,12,15H,1H3. The molecule has 2 heterocycles. The van der Waals surface area contributed by atoms with Crippen molar-refractivity contribution < 1.29 is 9.63 Å². The highest BCUT2D eigenvalue weighted by atomic mass is 32.2. The smallest absolute Gasteiger partial charge is 0.345 e. The van der Waals surface area contributed by atoms with Gasteiger partial charge in [-0.05, 0) is 30.8 Å². The van der Waals surface area contributed by atoms with Gasteiger partial charge in [-0.25, -0.2) is 9.80 Å². The molecule has 1 aromatic carbocycles. The zero-order valence-corrected chi connectivity index (χ0v) is 10.7. The van der Waals surface area contributed by atoms with Crippen LogP contribution in [-0.4, -0.2) is 11.1 Å². The molecule has 1 fully saturated rings. The van der Waals surface area contributed by atoms with E-state index in [1.54, 1.807) is 0 Å². The molecule has 2 aliphatic rings. The average molecular weight is 275 g/mol. The molecule has 19 heavy (non-hydrogen) atoms. The second kappa shape index (κ2) is 4.48. The van der Waals surface area contributed by atoms with Crippen molar-refractivity contribution in [1.29, 1.82) is 5.41 Å². The SMILES string of the molecule is Cc1ccc(N2NOC(=O)C2=C2N=NC(=N)S2)cc1. The number of hydrogen-bond donors (Lipinski definition) is 2. The first-order chi connectivity index (χ1) is 9.15. The molecule has 0 aromatic heterocycles. The zero-order chi connectivity index (χ0) is 13.4. The Labute approximate surface area is 112 Å². The molecule has 0 amide bonds. The summed E-state index contributed by atoms with van der Waals surface area (Å²) in [4.78, 5) is 16.6. The van der Waals surface area contributed by atoms with Gasteiger partial charge >= 0.3 is 5.97 Å². The van der Waals surface area contributed by atoms with Gasteiger partial charge in [0.1, 0.15) is 0 Å². The van der Waals surface area contributed by atoms with Crippen molar-refractivity contribution in [2.24, 2.45) is 10.2 Å². The van der Waals surface area contributed by atoms with Gasteiger partial charge in [0.15, 0.2) is 10.7 Å². The molecule has 1 aromatic rings. The summed E-state index contributed by atoms with van der Waals surface area (Å²) in [5, 5.41) is 16.7. The van der Waals surface area contributed by atoms with E-state index in [0.29, 0.717) is 5.03 Å². The first-order valence-corrected chi connectivity index (χ1v) is 6.23. The lowest BCUT2D eigenvalue weighted by Gasteiger charge is -2.15. The average Bonchev–Trinajstić information content (AvgIpc) is 2.96. The summed E-state index contributed by atoms with van der Waals surface area (Å²) in [6.45, 7) is 1.98. The Morgan fingerprint density at radius 1 is 1.32 bits per heavy atom. The maximum Gasteiger partial charge on any atom is 0.379 e. The molecule has 0 bridgehead atoms. The zero-order valence-electron chi connectivity index (χ0n) is 9.88. The van der Waals surface area contributed by atoms with Crippen LogP contribution in [0.15, 0.2) is 45.2 Å². The van der Waals surface area contributed by atoms with Gasteiger partial charge in [-0.1, -0.05) is 23.3 Å². The Morgan fingerprint density at radius 2 is 2.05 bits per heavy atom. The molecule has 0 radical (unpaired) electrons. The topological polar surface area (TPSA) is 90.1 Å². The second-order valence-electron chi connectivity index (χ2n) is 3.91. The summed E-state index contributed by atoms with van der Waals surface area (Å²) in [7, 11) is 0. The number of hydrazine groups is 1. The number of rotatable bonds is 1. The molecular weight excluding hydrogens is 266 g/mol. The molecule has 0 atom stereocenters. The highest BCUT2D eigenvalue weighted by Gasteiger charge is 2.35. The summed E-state index contributed by atoms with van der Waals surface area (Å²) in [5.41, 5.74) is 4.62. The quantitative estimate of drug-likeness (QED) is 0.766. The van der Waals surface area contributed by atoms with E-state index in [-0.39, 0.29) is 10.9 Å². The largest absolute Gasteiger partial charge is 0.379 e. The third kappa shape index (κ3) is 2.11. The van der Waals surface area contributed by atoms with Gasteiger partial charge in [0.05, 0.1) is 5.69 Å². The Hall–Kier alpha value is -2.19. The predicted molar refractivity (Wildman–Crippen MR) is 70.1 cm³/mol. The van der Waals surface area contributed by atoms with Crippen LogP contribution in [0, 0.1) is 12.3 Å². The van der Waals surface area contributed by atoms with E-state index in [4.69, 9.17) is 10.2 Å². The Morgan fingerprint density at radius 3 is 2.68 bits per heavy atom. The van der Waals surface area contributed by atoms with Crippen LogP contribution in [0.4, 0.5) is 5.69 Å². The summed E-state index contributed by atoms with van der Waals surface area (Å²) >= 11 is 1.02. The molecule has 7 nitrogen and oxygen atoms in total. The summed E-state index contributed by atoms with van der Waals surface area (Å²) in [6.07, 6.45) is 0. The van der Waals surface area contributed by atoms with Crippen LogP contribution in [0.25, 0.3) is 0 Å². The normalized spacial score (nSPS) is 22.3. The van der Waals surface area contributed by atoms with Crippen molar-refractivity contribution in [2.45, 2.75) is 6.92 Å². The summed E-state index contributed by atoms with van der Waals surface area (Å²) in [6, 6.07) is 7.56. The molecule has 2 N–H and O–H groups in total. The maximum absolute atomic E-state index is 11.7. The van der Waals surface area contributed by atoms with E-state index in [1.807, 2.05) is 31.2 Å². The summed E-state index contributed by atoms with van der Waals surface area (Å²) < 4.78 is 0. The van der Waals surface area contributed by atoms with Crippen molar-refractivity contribution in [3.63, 3.8) is 0 Å². The molecule has 3 rings (SSSR count). The third-order valence-corrected chi connectivity index (χ3v) is 3.31. The van der Waals surface area contributed by atoms with Gasteiger partial charge in [-0.15, -0.1) is 10.2 Å². The van der Waals surface area contributed by atoms with Gasteiger partial charge in [0, 0.05) is 0 Å². The van der Waals surface area contributed by atoms with Crippen molar-refractivity contribution in [2.75, 3.05) is 5.01 Å². The monoisotopic (exact) mass is 275 g/mol. The lowest BCUT2D eigenvalue weighted by Crippen LogP contribution is -2.28. The van der Waals surface area contributed by atoms with Gasteiger partial charge in [-0.2, -0.15) is 0 Å². The predicted octanol–water partition coefficient (Wildman–Crippen LogP) is 2.08. The fraction of sp³-hybridized carbons (Fsp3) is 0.0909. The van der Waals surface area contributed by atoms with Crippen molar-refractivity contribution in [3.8, 4) is 0 Å². The number of anilines is 1. The number of carbonyl (C=O) groups excluding carboxylic acids is 1. The fourth-order valence-electron chi connectivity index (χ4n) is 1.65. The maximum atomic E-state index is 11.7. The van der Waals surface area contributed by atoms with E-state index < -0.39 is 5.97 Å². The van der Waals surface area contributed by atoms with Crippen LogP contribution in [-0.2, 0) is 9.63 Å². The molecule has 1 saturated heterocycles. The minimum Gasteiger partial charge on any atom is -0.345 e. The number of thioether (sulfide) groups is 1. The van der Waals surface area contributed by atoms with Gasteiger partial charge < -0.3 is 4.84 Å². The van der Waals surface area contributed by atoms with Crippen molar-refractivity contribution in [3.05, 3.63) is 40.6 Å². The van der Waals surface area contributed by atoms with Crippen LogP contribution in [0.2, 0.25) is 0 Å². The van der Waals surface area contributed by atoms with Crippen molar-refractivity contribution >= 4 is 28.6 Å². The molecule has 0 spiro atoms. The van der Waals surface area contributed by atoms with Crippen LogP contribution < -0.4 is 10.6 Å². The number of benzene rings is 1. The number of nitrogens with one attached hydrogen (secondary N) is 2. The second-order valence-corrected chi connectivity index (χ2v) is 4.89. The van der Waals surface area contributed by atoms with Gasteiger partial charge in [0.25, 0.3) is 0 Å². The Kier molecular flexibility index (Phi) is 2.80. The number of aryl methyl sites for hydroxylation is 1. The molecule has 2 aliphatic heterocycles. The number of amidine groups is 1. The third-order valence-electron chi connectivity index (χ3n) is 2.57. The molecule has 0 unspecified atom stereocenters. The van der Waals surface area contributed by atoms with E-state index in [9.17, 15) is 4.79 Å². The highest BCUT2D eigenvalue weighted by Crippen LogP contribution is 2.34. The molecular formula is C11H9N5O2S. The number of carbonyl (C=O) groups is 1. The van der Waals surface area contributed by atoms with Crippen LogP contribution in [0.3, 0.4) is 0 Å². The van der Waals surface area contributed by atoms with E-state index in [2.05, 4.69) is 15.8 Å². The molecule has 0 saturated carbocycles. The minimum atomic E-state index is -0.545. The number of hydrogen-bond acceptors (Lipinski definition) is 7. The van der Waals surface area contributed by atoms with Gasteiger partial charge in [-0.3, -0.25) is 5.41 Å². The number of azo groups is 1. The van der Waals surface area contributed by atoms with Gasteiger partial charge in [0.2, 0.25) is 5.17 Å².